The molecule has 0 spiro atoms. The lowest BCUT2D eigenvalue weighted by Gasteiger charge is -1.94. The van der Waals surface area contributed by atoms with E-state index in [2.05, 4.69) is 21.0 Å². The maximum atomic E-state index is 10.3. The number of aromatic nitrogens is 2. The van der Waals surface area contributed by atoms with Crippen molar-refractivity contribution in [1.29, 1.82) is 0 Å². The molecular formula is C9H13BrN2O2. The topological polar surface area (TPSA) is 55.1 Å². The van der Waals surface area contributed by atoms with Crippen LogP contribution in [0.4, 0.5) is 0 Å². The van der Waals surface area contributed by atoms with Crippen molar-refractivity contribution < 1.29 is 9.90 Å². The lowest BCUT2D eigenvalue weighted by molar-refractivity contribution is -0.137. The number of nitrogens with zero attached hydrogens (tertiary/aromatic N) is 2. The van der Waals surface area contributed by atoms with Gasteiger partial charge in [0.1, 0.15) is 0 Å². The molecule has 0 radical (unpaired) electrons. The number of hydrogen-bond donors (Lipinski definition) is 1. The Morgan fingerprint density at radius 2 is 2.29 bits per heavy atom. The van der Waals surface area contributed by atoms with Crippen molar-refractivity contribution in [3.63, 3.8) is 0 Å². The summed E-state index contributed by atoms with van der Waals surface area (Å²) < 4.78 is 2.78. The number of halogens is 1. The van der Waals surface area contributed by atoms with Gasteiger partial charge in [-0.25, -0.2) is 0 Å². The Kier molecular flexibility index (Phi) is 3.69. The van der Waals surface area contributed by atoms with Gasteiger partial charge in [0, 0.05) is 19.2 Å². The minimum atomic E-state index is -0.756. The van der Waals surface area contributed by atoms with Gasteiger partial charge in [0.25, 0.3) is 0 Å². The first-order valence-corrected chi connectivity index (χ1v) is 5.21. The van der Waals surface area contributed by atoms with Gasteiger partial charge in [0.05, 0.1) is 10.2 Å². The largest absolute Gasteiger partial charge is 0.481 e. The molecule has 5 heteroatoms. The Hall–Kier alpha value is -0.840. The van der Waals surface area contributed by atoms with Crippen LogP contribution in [0.1, 0.15) is 24.2 Å². The summed E-state index contributed by atoms with van der Waals surface area (Å²) in [6.45, 7) is 1.97. The highest BCUT2D eigenvalue weighted by atomic mass is 79.9. The molecule has 78 valence electrons. The quantitative estimate of drug-likeness (QED) is 0.900. The monoisotopic (exact) mass is 260 g/mol. The van der Waals surface area contributed by atoms with E-state index in [4.69, 9.17) is 5.11 Å². The molecule has 0 aliphatic carbocycles. The number of carboxylic acid groups (broad SMARTS) is 1. The molecule has 0 amide bonds. The molecule has 1 aromatic heterocycles. The van der Waals surface area contributed by atoms with Crippen molar-refractivity contribution in [1.82, 2.24) is 9.78 Å². The van der Waals surface area contributed by atoms with Crippen molar-refractivity contribution in [2.24, 2.45) is 7.05 Å². The van der Waals surface area contributed by atoms with E-state index in [1.165, 1.54) is 0 Å². The van der Waals surface area contributed by atoms with Crippen LogP contribution in [0.5, 0.6) is 0 Å². The Morgan fingerprint density at radius 1 is 1.64 bits per heavy atom. The molecule has 1 rings (SSSR count). The molecule has 0 aliphatic rings. The predicted molar refractivity (Wildman–Crippen MR) is 56.2 cm³/mol. The highest BCUT2D eigenvalue weighted by molar-refractivity contribution is 9.10. The van der Waals surface area contributed by atoms with Crippen molar-refractivity contribution in [2.45, 2.75) is 26.2 Å². The Balaban J connectivity index is 2.59. The van der Waals surface area contributed by atoms with Gasteiger partial charge in [0.2, 0.25) is 0 Å². The van der Waals surface area contributed by atoms with E-state index in [-0.39, 0.29) is 6.42 Å². The molecule has 0 aromatic carbocycles. The van der Waals surface area contributed by atoms with Crippen molar-refractivity contribution in [3.05, 3.63) is 15.9 Å². The molecule has 1 N–H and O–H groups in total. The first-order chi connectivity index (χ1) is 6.52. The number of hydrogen-bond acceptors (Lipinski definition) is 2. The number of carboxylic acids is 1. The molecule has 0 bridgehead atoms. The van der Waals surface area contributed by atoms with Gasteiger partial charge in [0.15, 0.2) is 0 Å². The average Bonchev–Trinajstić information content (AvgIpc) is 2.33. The minimum absolute atomic E-state index is 0.196. The molecular weight excluding hydrogens is 248 g/mol. The zero-order chi connectivity index (χ0) is 10.7. The summed E-state index contributed by atoms with van der Waals surface area (Å²) in [6, 6.07) is 0. The zero-order valence-corrected chi connectivity index (χ0v) is 9.84. The normalized spacial score (nSPS) is 10.5. The van der Waals surface area contributed by atoms with Crippen LogP contribution in [0, 0.1) is 6.92 Å². The van der Waals surface area contributed by atoms with Crippen molar-refractivity contribution in [3.8, 4) is 0 Å². The Bertz CT molecular complexity index is 347. The van der Waals surface area contributed by atoms with E-state index in [1.807, 2.05) is 14.0 Å². The van der Waals surface area contributed by atoms with Gasteiger partial charge in [-0.05, 0) is 35.7 Å². The lowest BCUT2D eigenvalue weighted by atomic mass is 10.2. The van der Waals surface area contributed by atoms with Gasteiger partial charge in [-0.3, -0.25) is 9.48 Å². The zero-order valence-electron chi connectivity index (χ0n) is 8.25. The minimum Gasteiger partial charge on any atom is -0.481 e. The predicted octanol–water partition coefficient (Wildman–Crippen LogP) is 1.90. The summed E-state index contributed by atoms with van der Waals surface area (Å²) in [6.07, 6.45) is 1.53. The first-order valence-electron chi connectivity index (χ1n) is 4.42. The molecule has 0 unspecified atom stereocenters. The molecule has 0 fully saturated rings. The van der Waals surface area contributed by atoms with Crippen LogP contribution in [0.2, 0.25) is 0 Å². The molecule has 0 saturated heterocycles. The van der Waals surface area contributed by atoms with Gasteiger partial charge in [-0.2, -0.15) is 5.10 Å². The molecule has 0 atom stereocenters. The second-order valence-electron chi connectivity index (χ2n) is 3.22. The molecule has 0 aliphatic heterocycles. The van der Waals surface area contributed by atoms with E-state index in [9.17, 15) is 4.79 Å². The standard InChI is InChI=1S/C9H13BrN2O2/c1-6-9(10)7(11-12(6)2)4-3-5-8(13)14/h3-5H2,1-2H3,(H,13,14). The molecule has 0 saturated carbocycles. The fourth-order valence-electron chi connectivity index (χ4n) is 1.22. The van der Waals surface area contributed by atoms with Gasteiger partial charge < -0.3 is 5.11 Å². The molecule has 1 aromatic rings. The Labute approximate surface area is 91.1 Å². The first kappa shape index (κ1) is 11.2. The van der Waals surface area contributed by atoms with Crippen LogP contribution in [0.15, 0.2) is 4.47 Å². The van der Waals surface area contributed by atoms with Crippen molar-refractivity contribution in [2.75, 3.05) is 0 Å². The lowest BCUT2D eigenvalue weighted by Crippen LogP contribution is -1.97. The van der Waals surface area contributed by atoms with E-state index in [0.29, 0.717) is 12.8 Å². The van der Waals surface area contributed by atoms with Crippen LogP contribution >= 0.6 is 15.9 Å². The second-order valence-corrected chi connectivity index (χ2v) is 4.01. The number of aryl methyl sites for hydroxylation is 2. The number of rotatable bonds is 4. The summed E-state index contributed by atoms with van der Waals surface area (Å²) in [5.74, 6) is -0.756. The number of carbonyl (C=O) groups is 1. The smallest absolute Gasteiger partial charge is 0.303 e. The Morgan fingerprint density at radius 3 is 2.71 bits per heavy atom. The fourth-order valence-corrected chi connectivity index (χ4v) is 1.75. The van der Waals surface area contributed by atoms with Crippen LogP contribution in [-0.2, 0) is 18.3 Å². The SMILES string of the molecule is Cc1c(Br)c(CCCC(=O)O)nn1C. The van der Waals surface area contributed by atoms with Crippen molar-refractivity contribution >= 4 is 21.9 Å². The maximum absolute atomic E-state index is 10.3. The molecule has 14 heavy (non-hydrogen) atoms. The third kappa shape index (κ3) is 2.57. The van der Waals surface area contributed by atoms with Gasteiger partial charge in [-0.15, -0.1) is 0 Å². The van der Waals surface area contributed by atoms with E-state index in [0.717, 1.165) is 15.9 Å². The average molecular weight is 261 g/mol. The second kappa shape index (κ2) is 4.59. The highest BCUT2D eigenvalue weighted by Crippen LogP contribution is 2.21. The van der Waals surface area contributed by atoms with E-state index in [1.54, 1.807) is 4.68 Å². The van der Waals surface area contributed by atoms with Crippen LogP contribution in [-0.4, -0.2) is 20.9 Å². The summed E-state index contributed by atoms with van der Waals surface area (Å²) in [5, 5.41) is 12.8. The third-order valence-corrected chi connectivity index (χ3v) is 3.16. The molecule has 1 heterocycles. The van der Waals surface area contributed by atoms with E-state index >= 15 is 0 Å². The number of aliphatic carboxylic acids is 1. The van der Waals surface area contributed by atoms with E-state index < -0.39 is 5.97 Å². The van der Waals surface area contributed by atoms with Gasteiger partial charge in [-0.1, -0.05) is 0 Å². The highest BCUT2D eigenvalue weighted by Gasteiger charge is 2.10. The third-order valence-electron chi connectivity index (χ3n) is 2.13. The fraction of sp³-hybridized carbons (Fsp3) is 0.556. The summed E-state index contributed by atoms with van der Waals surface area (Å²) in [7, 11) is 1.88. The summed E-state index contributed by atoms with van der Waals surface area (Å²) in [5.41, 5.74) is 2.00. The van der Waals surface area contributed by atoms with Crippen LogP contribution in [0.3, 0.4) is 0 Å². The van der Waals surface area contributed by atoms with Crippen LogP contribution < -0.4 is 0 Å². The summed E-state index contributed by atoms with van der Waals surface area (Å²) in [4.78, 5) is 10.3. The molecule has 4 nitrogen and oxygen atoms in total. The van der Waals surface area contributed by atoms with Gasteiger partial charge >= 0.3 is 5.97 Å². The summed E-state index contributed by atoms with van der Waals surface area (Å²) >= 11 is 3.44. The maximum Gasteiger partial charge on any atom is 0.303 e. The van der Waals surface area contributed by atoms with Crippen LogP contribution in [0.25, 0.3) is 0 Å².